The zero-order valence-corrected chi connectivity index (χ0v) is 10.9. The number of nitrogen functional groups attached to an aromatic ring is 1. The molecule has 0 aliphatic carbocycles. The largest absolute Gasteiger partial charge is 0.384 e. The molecule has 0 saturated carbocycles. The molecule has 100 valence electrons. The monoisotopic (exact) mass is 259 g/mol. The number of hydrogen-bond acceptors (Lipinski definition) is 3. The van der Waals surface area contributed by atoms with E-state index >= 15 is 0 Å². The molecule has 3 nitrogen and oxygen atoms in total. The summed E-state index contributed by atoms with van der Waals surface area (Å²) in [6, 6.07) is 10.5. The first-order chi connectivity index (χ1) is 9.20. The maximum atomic E-state index is 13.9. The summed E-state index contributed by atoms with van der Waals surface area (Å²) < 4.78 is 13.9. The quantitative estimate of drug-likeness (QED) is 0.868. The van der Waals surface area contributed by atoms with Gasteiger partial charge in [-0.1, -0.05) is 25.1 Å². The van der Waals surface area contributed by atoms with Gasteiger partial charge in [0.15, 0.2) is 0 Å². The highest BCUT2D eigenvalue weighted by Crippen LogP contribution is 2.21. The Balaban J connectivity index is 2.24. The molecule has 0 saturated heterocycles. The zero-order valence-electron chi connectivity index (χ0n) is 10.9. The minimum Gasteiger partial charge on any atom is -0.384 e. The van der Waals surface area contributed by atoms with Crippen molar-refractivity contribution in [3.05, 3.63) is 59.5 Å². The number of nitrogens with two attached hydrogens (primary N) is 1. The normalized spacial score (nSPS) is 12.3. The standard InChI is InChI=1S/C15H18FN3/c1-2-18-14(12-5-3-4-6-13(12)16)9-11-7-8-19-15(17)10-11/h3-8,10,14,18H,2,9H2,1H3,(H2,17,19). The molecule has 19 heavy (non-hydrogen) atoms. The number of likely N-dealkylation sites (N-methyl/N-ethyl adjacent to an activating group) is 1. The van der Waals surface area contributed by atoms with E-state index in [1.807, 2.05) is 31.2 Å². The molecule has 0 spiro atoms. The van der Waals surface area contributed by atoms with Crippen LogP contribution in [-0.2, 0) is 6.42 Å². The molecule has 1 aromatic heterocycles. The van der Waals surface area contributed by atoms with E-state index in [2.05, 4.69) is 10.3 Å². The van der Waals surface area contributed by atoms with Crippen LogP contribution in [0.1, 0.15) is 24.1 Å². The van der Waals surface area contributed by atoms with Crippen LogP contribution in [0.4, 0.5) is 10.2 Å². The van der Waals surface area contributed by atoms with Gasteiger partial charge in [0.25, 0.3) is 0 Å². The summed E-state index contributed by atoms with van der Waals surface area (Å²) in [7, 11) is 0. The summed E-state index contributed by atoms with van der Waals surface area (Å²) >= 11 is 0. The molecule has 1 unspecified atom stereocenters. The van der Waals surface area contributed by atoms with Crippen LogP contribution in [0, 0.1) is 5.82 Å². The van der Waals surface area contributed by atoms with E-state index in [4.69, 9.17) is 5.73 Å². The number of halogens is 1. The number of nitrogens with zero attached hydrogens (tertiary/aromatic N) is 1. The van der Waals surface area contributed by atoms with Gasteiger partial charge in [0.1, 0.15) is 11.6 Å². The highest BCUT2D eigenvalue weighted by Gasteiger charge is 2.15. The number of anilines is 1. The molecule has 0 radical (unpaired) electrons. The van der Waals surface area contributed by atoms with Crippen LogP contribution in [-0.4, -0.2) is 11.5 Å². The van der Waals surface area contributed by atoms with Gasteiger partial charge in [-0.15, -0.1) is 0 Å². The molecule has 4 heteroatoms. The Morgan fingerprint density at radius 3 is 2.79 bits per heavy atom. The van der Waals surface area contributed by atoms with Crippen LogP contribution in [0.15, 0.2) is 42.6 Å². The first-order valence-electron chi connectivity index (χ1n) is 6.39. The first kappa shape index (κ1) is 13.5. The molecule has 1 atom stereocenters. The van der Waals surface area contributed by atoms with E-state index in [9.17, 15) is 4.39 Å². The second-order valence-electron chi connectivity index (χ2n) is 4.42. The number of nitrogens with one attached hydrogen (secondary N) is 1. The van der Waals surface area contributed by atoms with Crippen molar-refractivity contribution in [2.75, 3.05) is 12.3 Å². The molecule has 3 N–H and O–H groups in total. The lowest BCUT2D eigenvalue weighted by Crippen LogP contribution is -2.24. The molecule has 2 aromatic rings. The summed E-state index contributed by atoms with van der Waals surface area (Å²) in [6.07, 6.45) is 2.36. The third-order valence-corrected chi connectivity index (χ3v) is 3.02. The lowest BCUT2D eigenvalue weighted by atomic mass is 9.99. The summed E-state index contributed by atoms with van der Waals surface area (Å²) in [6.45, 7) is 2.79. The predicted molar refractivity (Wildman–Crippen MR) is 75.2 cm³/mol. The number of rotatable bonds is 5. The lowest BCUT2D eigenvalue weighted by Gasteiger charge is -2.19. The fourth-order valence-corrected chi connectivity index (χ4v) is 2.15. The van der Waals surface area contributed by atoms with Crippen molar-refractivity contribution in [1.82, 2.24) is 10.3 Å². The second-order valence-corrected chi connectivity index (χ2v) is 4.42. The SMILES string of the molecule is CCNC(Cc1ccnc(N)c1)c1ccccc1F. The van der Waals surface area contributed by atoms with Crippen molar-refractivity contribution in [1.29, 1.82) is 0 Å². The van der Waals surface area contributed by atoms with Crippen molar-refractivity contribution in [2.45, 2.75) is 19.4 Å². The lowest BCUT2D eigenvalue weighted by molar-refractivity contribution is 0.510. The van der Waals surface area contributed by atoms with Crippen LogP contribution in [0.3, 0.4) is 0 Å². The van der Waals surface area contributed by atoms with Gasteiger partial charge in [-0.3, -0.25) is 0 Å². The molecular weight excluding hydrogens is 241 g/mol. The topological polar surface area (TPSA) is 50.9 Å². The molecule has 0 aliphatic heterocycles. The smallest absolute Gasteiger partial charge is 0.127 e. The minimum absolute atomic E-state index is 0.0620. The Hall–Kier alpha value is -1.94. The van der Waals surface area contributed by atoms with Crippen LogP contribution in [0.5, 0.6) is 0 Å². The maximum absolute atomic E-state index is 13.9. The van der Waals surface area contributed by atoms with E-state index in [1.54, 1.807) is 12.3 Å². The van der Waals surface area contributed by atoms with Crippen LogP contribution >= 0.6 is 0 Å². The Bertz CT molecular complexity index is 542. The van der Waals surface area contributed by atoms with Gasteiger partial charge in [-0.2, -0.15) is 0 Å². The molecule has 0 fully saturated rings. The molecule has 1 heterocycles. The predicted octanol–water partition coefficient (Wildman–Crippen LogP) is 2.70. The van der Waals surface area contributed by atoms with Gasteiger partial charge >= 0.3 is 0 Å². The van der Waals surface area contributed by atoms with E-state index in [0.717, 1.165) is 12.1 Å². The number of aromatic nitrogens is 1. The first-order valence-corrected chi connectivity index (χ1v) is 6.39. The van der Waals surface area contributed by atoms with E-state index in [-0.39, 0.29) is 11.9 Å². The van der Waals surface area contributed by atoms with E-state index in [1.165, 1.54) is 6.07 Å². The average Bonchev–Trinajstić information content (AvgIpc) is 2.39. The third-order valence-electron chi connectivity index (χ3n) is 3.02. The zero-order chi connectivity index (χ0) is 13.7. The van der Waals surface area contributed by atoms with Crippen LogP contribution < -0.4 is 11.1 Å². The van der Waals surface area contributed by atoms with Crippen molar-refractivity contribution in [3.63, 3.8) is 0 Å². The molecule has 1 aromatic carbocycles. The highest BCUT2D eigenvalue weighted by atomic mass is 19.1. The Kier molecular flexibility index (Phi) is 4.47. The fourth-order valence-electron chi connectivity index (χ4n) is 2.15. The summed E-state index contributed by atoms with van der Waals surface area (Å²) in [4.78, 5) is 3.97. The molecular formula is C15H18FN3. The molecule has 0 aliphatic rings. The van der Waals surface area contributed by atoms with Gasteiger partial charge in [0.2, 0.25) is 0 Å². The molecule has 0 amide bonds. The fraction of sp³-hybridized carbons (Fsp3) is 0.267. The van der Waals surface area contributed by atoms with E-state index < -0.39 is 0 Å². The van der Waals surface area contributed by atoms with Crippen molar-refractivity contribution in [3.8, 4) is 0 Å². The van der Waals surface area contributed by atoms with Gasteiger partial charge in [-0.25, -0.2) is 9.37 Å². The Labute approximate surface area is 112 Å². The number of benzene rings is 1. The van der Waals surface area contributed by atoms with Gasteiger partial charge in [0, 0.05) is 17.8 Å². The third kappa shape index (κ3) is 3.51. The van der Waals surface area contributed by atoms with Crippen molar-refractivity contribution >= 4 is 5.82 Å². The Morgan fingerprint density at radius 1 is 1.32 bits per heavy atom. The van der Waals surface area contributed by atoms with Crippen molar-refractivity contribution < 1.29 is 4.39 Å². The summed E-state index contributed by atoms with van der Waals surface area (Å²) in [5.74, 6) is 0.303. The molecule has 0 bridgehead atoms. The van der Waals surface area contributed by atoms with Crippen molar-refractivity contribution in [2.24, 2.45) is 0 Å². The summed E-state index contributed by atoms with van der Waals surface area (Å²) in [5.41, 5.74) is 7.39. The van der Waals surface area contributed by atoms with Gasteiger partial charge < -0.3 is 11.1 Å². The average molecular weight is 259 g/mol. The number of hydrogen-bond donors (Lipinski definition) is 2. The van der Waals surface area contributed by atoms with Gasteiger partial charge in [0.05, 0.1) is 0 Å². The maximum Gasteiger partial charge on any atom is 0.127 e. The summed E-state index contributed by atoms with van der Waals surface area (Å²) in [5, 5.41) is 3.31. The number of pyridine rings is 1. The molecule has 2 rings (SSSR count). The minimum atomic E-state index is -0.185. The highest BCUT2D eigenvalue weighted by molar-refractivity contribution is 5.33. The van der Waals surface area contributed by atoms with E-state index in [0.29, 0.717) is 17.8 Å². The van der Waals surface area contributed by atoms with Crippen LogP contribution in [0.25, 0.3) is 0 Å². The van der Waals surface area contributed by atoms with Crippen LogP contribution in [0.2, 0.25) is 0 Å². The second kappa shape index (κ2) is 6.29. The Morgan fingerprint density at radius 2 is 2.11 bits per heavy atom. The van der Waals surface area contributed by atoms with Gasteiger partial charge in [-0.05, 0) is 36.7 Å².